The van der Waals surface area contributed by atoms with Crippen LogP contribution in [0.2, 0.25) is 5.02 Å². The van der Waals surface area contributed by atoms with E-state index in [2.05, 4.69) is 10.00 Å². The molecule has 0 saturated carbocycles. The van der Waals surface area contributed by atoms with Crippen LogP contribution in [0.3, 0.4) is 0 Å². The molecule has 0 bridgehead atoms. The predicted octanol–water partition coefficient (Wildman–Crippen LogP) is 2.31. The molecule has 1 amide bonds. The third-order valence-corrected chi connectivity index (χ3v) is 8.83. The molecule has 2 saturated heterocycles. The van der Waals surface area contributed by atoms with Crippen molar-refractivity contribution in [3.05, 3.63) is 40.5 Å². The summed E-state index contributed by atoms with van der Waals surface area (Å²) < 4.78 is 35.0. The number of esters is 1. The Hall–Kier alpha value is -2.63. The van der Waals surface area contributed by atoms with Gasteiger partial charge >= 0.3 is 5.97 Å². The van der Waals surface area contributed by atoms with Gasteiger partial charge in [0.15, 0.2) is 0 Å². The fourth-order valence-corrected chi connectivity index (χ4v) is 6.47. The third kappa shape index (κ3) is 5.37. The Morgan fingerprint density at radius 2 is 1.78 bits per heavy atom. The summed E-state index contributed by atoms with van der Waals surface area (Å²) in [6.07, 6.45) is 2.42. The summed E-state index contributed by atoms with van der Waals surface area (Å²) in [4.78, 5) is 29.1. The largest absolute Gasteiger partial charge is 0.466 e. The second-order valence-electron chi connectivity index (χ2n) is 9.16. The number of carbonyl (C=O) groups excluding carboxylic acids is 2. The number of piperidine rings is 1. The number of rotatable bonds is 6. The zero-order valence-corrected chi connectivity index (χ0v) is 22.4. The van der Waals surface area contributed by atoms with Gasteiger partial charge in [-0.25, -0.2) is 8.42 Å². The summed E-state index contributed by atoms with van der Waals surface area (Å²) in [6, 6.07) is 5.67. The number of piperazine rings is 1. The van der Waals surface area contributed by atoms with Crippen molar-refractivity contribution in [2.24, 2.45) is 13.0 Å². The molecule has 196 valence electrons. The van der Waals surface area contributed by atoms with E-state index in [9.17, 15) is 18.0 Å². The van der Waals surface area contributed by atoms with Gasteiger partial charge in [0.25, 0.3) is 15.9 Å². The van der Waals surface area contributed by atoms with Crippen molar-refractivity contribution in [1.29, 1.82) is 0 Å². The Balaban J connectivity index is 1.46. The lowest BCUT2D eigenvalue weighted by Gasteiger charge is -2.36. The van der Waals surface area contributed by atoms with E-state index in [4.69, 9.17) is 16.3 Å². The molecule has 0 unspecified atom stereocenters. The molecule has 12 heteroatoms. The van der Waals surface area contributed by atoms with Crippen LogP contribution in [0.5, 0.6) is 0 Å². The van der Waals surface area contributed by atoms with Crippen LogP contribution in [-0.4, -0.2) is 85.2 Å². The first-order valence-electron chi connectivity index (χ1n) is 12.1. The number of amides is 1. The second-order valence-corrected chi connectivity index (χ2v) is 11.5. The molecule has 2 aliphatic rings. The summed E-state index contributed by atoms with van der Waals surface area (Å²) in [5.74, 6) is -0.885. The fraction of sp³-hybridized carbons (Fsp3) is 0.542. The number of sulfonamides is 1. The minimum atomic E-state index is -3.98. The summed E-state index contributed by atoms with van der Waals surface area (Å²) >= 11 is 6.17. The number of hydrogen-bond acceptors (Lipinski definition) is 7. The summed E-state index contributed by atoms with van der Waals surface area (Å²) in [5.41, 5.74) is 2.11. The fourth-order valence-electron chi connectivity index (χ4n) is 4.77. The Morgan fingerprint density at radius 1 is 1.11 bits per heavy atom. The monoisotopic (exact) mass is 537 g/mol. The number of aryl methyl sites for hydroxylation is 2. The molecule has 0 N–H and O–H groups in total. The Morgan fingerprint density at radius 3 is 2.42 bits per heavy atom. The highest BCUT2D eigenvalue weighted by Crippen LogP contribution is 2.28. The Bertz CT molecular complexity index is 1230. The summed E-state index contributed by atoms with van der Waals surface area (Å²) in [5, 5.41) is 4.58. The van der Waals surface area contributed by atoms with Gasteiger partial charge in [0.05, 0.1) is 18.1 Å². The summed E-state index contributed by atoms with van der Waals surface area (Å²) in [7, 11) is -2.38. The van der Waals surface area contributed by atoms with Gasteiger partial charge in [0.2, 0.25) is 5.03 Å². The maximum absolute atomic E-state index is 13.6. The normalized spacial score (nSPS) is 17.9. The van der Waals surface area contributed by atoms with E-state index in [1.54, 1.807) is 18.9 Å². The molecule has 4 rings (SSSR count). The smallest absolute Gasteiger partial charge is 0.309 e. The average Bonchev–Trinajstić information content (AvgIpc) is 3.28. The molecule has 2 aliphatic heterocycles. The number of benzene rings is 1. The minimum absolute atomic E-state index is 0.0557. The van der Waals surface area contributed by atoms with Crippen molar-refractivity contribution >= 4 is 39.2 Å². The number of hydrogen-bond donors (Lipinski definition) is 0. The van der Waals surface area contributed by atoms with Gasteiger partial charge in [-0.2, -0.15) is 9.40 Å². The molecule has 1 aromatic carbocycles. The average molecular weight is 538 g/mol. The number of aromatic nitrogens is 2. The molecule has 0 atom stereocenters. The van der Waals surface area contributed by atoms with E-state index in [1.165, 1.54) is 15.2 Å². The van der Waals surface area contributed by atoms with Gasteiger partial charge in [-0.05, 0) is 44.4 Å². The molecule has 10 nitrogen and oxygen atoms in total. The van der Waals surface area contributed by atoms with E-state index in [-0.39, 0.29) is 35.6 Å². The van der Waals surface area contributed by atoms with Crippen LogP contribution in [0.4, 0.5) is 5.69 Å². The Kier molecular flexibility index (Phi) is 7.91. The quantitative estimate of drug-likeness (QED) is 0.521. The highest BCUT2D eigenvalue weighted by atomic mass is 35.5. The van der Waals surface area contributed by atoms with E-state index < -0.39 is 15.9 Å². The van der Waals surface area contributed by atoms with Crippen LogP contribution >= 0.6 is 11.6 Å². The minimum Gasteiger partial charge on any atom is -0.466 e. The van der Waals surface area contributed by atoms with Crippen LogP contribution in [0, 0.1) is 12.8 Å². The Labute approximate surface area is 216 Å². The van der Waals surface area contributed by atoms with Gasteiger partial charge in [-0.3, -0.25) is 14.3 Å². The first-order valence-corrected chi connectivity index (χ1v) is 13.9. The highest BCUT2D eigenvalue weighted by molar-refractivity contribution is 7.89. The van der Waals surface area contributed by atoms with Crippen LogP contribution in [0.15, 0.2) is 29.4 Å². The molecular weight excluding hydrogens is 506 g/mol. The van der Waals surface area contributed by atoms with Crippen molar-refractivity contribution < 1.29 is 22.7 Å². The van der Waals surface area contributed by atoms with Crippen LogP contribution < -0.4 is 4.90 Å². The maximum atomic E-state index is 13.6. The van der Waals surface area contributed by atoms with Crippen molar-refractivity contribution in [2.45, 2.75) is 31.7 Å². The van der Waals surface area contributed by atoms with E-state index >= 15 is 0 Å². The van der Waals surface area contributed by atoms with Crippen LogP contribution in [-0.2, 0) is 26.6 Å². The van der Waals surface area contributed by atoms with Crippen LogP contribution in [0.25, 0.3) is 0 Å². The van der Waals surface area contributed by atoms with Gasteiger partial charge in [0.1, 0.15) is 0 Å². The number of halogens is 1. The maximum Gasteiger partial charge on any atom is 0.309 e. The van der Waals surface area contributed by atoms with Gasteiger partial charge in [0, 0.05) is 63.2 Å². The molecule has 3 heterocycles. The van der Waals surface area contributed by atoms with Crippen molar-refractivity contribution in [3.8, 4) is 0 Å². The van der Waals surface area contributed by atoms with E-state index in [0.717, 1.165) is 11.3 Å². The molecule has 2 fully saturated rings. The second kappa shape index (κ2) is 10.8. The first-order chi connectivity index (χ1) is 17.1. The lowest BCUT2D eigenvalue weighted by Crippen LogP contribution is -2.49. The molecule has 1 aromatic heterocycles. The first kappa shape index (κ1) is 26.4. The van der Waals surface area contributed by atoms with Gasteiger partial charge < -0.3 is 14.5 Å². The van der Waals surface area contributed by atoms with Crippen molar-refractivity contribution in [3.63, 3.8) is 0 Å². The highest BCUT2D eigenvalue weighted by Gasteiger charge is 2.37. The molecule has 36 heavy (non-hydrogen) atoms. The lowest BCUT2D eigenvalue weighted by atomic mass is 9.96. The zero-order valence-electron chi connectivity index (χ0n) is 20.8. The van der Waals surface area contributed by atoms with E-state index in [0.29, 0.717) is 50.7 Å². The molecule has 0 aliphatic carbocycles. The molecule has 0 spiro atoms. The number of nitrogens with zero attached hydrogens (tertiary/aromatic N) is 5. The SMILES string of the molecule is CCOC(=O)C1CCN(C(=O)c2cn(C)nc2S(=O)(=O)N2CCN(c3cc(Cl)ccc3C)CC2)CC1. The molecule has 0 radical (unpaired) electrons. The van der Waals surface area contributed by atoms with E-state index in [1.807, 2.05) is 25.1 Å². The van der Waals surface area contributed by atoms with Crippen molar-refractivity contribution in [1.82, 2.24) is 19.0 Å². The number of carbonyl (C=O) groups is 2. The zero-order chi connectivity index (χ0) is 26.0. The number of likely N-dealkylation sites (tertiary alicyclic amines) is 1. The lowest BCUT2D eigenvalue weighted by molar-refractivity contribution is -0.149. The summed E-state index contributed by atoms with van der Waals surface area (Å²) in [6.45, 7) is 6.32. The topological polar surface area (TPSA) is 105 Å². The molecular formula is C24H32ClN5O5S. The molecule has 2 aromatic rings. The van der Waals surface area contributed by atoms with Crippen molar-refractivity contribution in [2.75, 3.05) is 50.8 Å². The number of anilines is 1. The standard InChI is InChI=1S/C24H32ClN5O5S/c1-4-35-24(32)18-7-9-29(10-8-18)23(31)20-16-27(3)26-22(20)36(33,34)30-13-11-28(12-14-30)21-15-19(25)6-5-17(21)2/h5-6,15-16,18H,4,7-14H2,1-3H3. The van der Waals surface area contributed by atoms with Gasteiger partial charge in [-0.1, -0.05) is 17.7 Å². The number of ether oxygens (including phenoxy) is 1. The predicted molar refractivity (Wildman–Crippen MR) is 136 cm³/mol. The van der Waals surface area contributed by atoms with Gasteiger partial charge in [-0.15, -0.1) is 0 Å². The third-order valence-electron chi connectivity index (χ3n) is 6.76. The van der Waals surface area contributed by atoms with Crippen LogP contribution in [0.1, 0.15) is 35.7 Å².